The number of aliphatic hydroxyl groups excluding tert-OH is 1. The summed E-state index contributed by atoms with van der Waals surface area (Å²) in [4.78, 5) is 15.1. The number of amides is 1. The van der Waals surface area contributed by atoms with Gasteiger partial charge in [0.1, 0.15) is 11.8 Å². The van der Waals surface area contributed by atoms with E-state index in [1.807, 2.05) is 52.0 Å². The molecule has 1 amide bonds. The van der Waals surface area contributed by atoms with Crippen molar-refractivity contribution in [2.75, 3.05) is 26.4 Å². The van der Waals surface area contributed by atoms with Gasteiger partial charge in [-0.05, 0) is 62.6 Å². The van der Waals surface area contributed by atoms with E-state index < -0.39 is 6.04 Å². The zero-order chi connectivity index (χ0) is 23.7. The molecule has 2 saturated heterocycles. The molecular weight excluding hydrogens is 422 g/mol. The number of fused-ring (bicyclic) bond motifs is 1. The van der Waals surface area contributed by atoms with Crippen LogP contribution in [0.15, 0.2) is 30.3 Å². The van der Waals surface area contributed by atoms with Gasteiger partial charge >= 0.3 is 0 Å². The maximum Gasteiger partial charge on any atom is 0.242 e. The lowest BCUT2D eigenvalue weighted by Crippen LogP contribution is -2.42. The Bertz CT molecular complexity index is 1000. The minimum absolute atomic E-state index is 0.0786. The van der Waals surface area contributed by atoms with Crippen molar-refractivity contribution in [1.82, 2.24) is 15.8 Å². The van der Waals surface area contributed by atoms with Crippen LogP contribution < -0.4 is 20.3 Å². The molecule has 33 heavy (non-hydrogen) atoms. The normalized spacial score (nSPS) is 24.3. The van der Waals surface area contributed by atoms with E-state index in [2.05, 4.69) is 10.9 Å². The van der Waals surface area contributed by atoms with Crippen molar-refractivity contribution in [2.45, 2.75) is 45.8 Å². The fourth-order valence-corrected chi connectivity index (χ4v) is 5.32. The first-order chi connectivity index (χ1) is 15.9. The van der Waals surface area contributed by atoms with Gasteiger partial charge in [0.05, 0.1) is 31.9 Å². The van der Waals surface area contributed by atoms with Crippen LogP contribution >= 0.6 is 0 Å². The number of ether oxygens (including phenoxy) is 2. The number of nitrogens with one attached hydrogen (secondary N) is 2. The van der Waals surface area contributed by atoms with Crippen molar-refractivity contribution in [1.29, 1.82) is 0 Å². The Morgan fingerprint density at radius 2 is 1.70 bits per heavy atom. The van der Waals surface area contributed by atoms with Gasteiger partial charge in [0.25, 0.3) is 0 Å². The quantitative estimate of drug-likeness (QED) is 0.485. The van der Waals surface area contributed by atoms with Crippen LogP contribution in [0.4, 0.5) is 0 Å². The van der Waals surface area contributed by atoms with E-state index in [0.29, 0.717) is 24.7 Å². The molecule has 0 saturated carbocycles. The Labute approximate surface area is 194 Å². The van der Waals surface area contributed by atoms with Gasteiger partial charge in [-0.25, -0.2) is 10.9 Å². The maximum absolute atomic E-state index is 13.3. The number of carbonyl (C=O) groups is 1. The predicted octanol–water partition coefficient (Wildman–Crippen LogP) is 2.52. The molecule has 4 atom stereocenters. The van der Waals surface area contributed by atoms with Crippen LogP contribution in [-0.2, 0) is 4.79 Å². The third kappa shape index (κ3) is 4.14. The lowest BCUT2D eigenvalue weighted by Gasteiger charge is -2.32. The van der Waals surface area contributed by atoms with Gasteiger partial charge in [-0.2, -0.15) is 0 Å². The van der Waals surface area contributed by atoms with E-state index in [1.54, 1.807) is 11.0 Å². The molecule has 2 aliphatic heterocycles. The van der Waals surface area contributed by atoms with Crippen LogP contribution in [0.3, 0.4) is 0 Å². The molecule has 4 rings (SSSR count). The maximum atomic E-state index is 13.3. The Kier molecular flexibility index (Phi) is 6.78. The summed E-state index contributed by atoms with van der Waals surface area (Å²) in [6.07, 6.45) is 0. The number of phenols is 1. The fraction of sp³-hybridized carbons (Fsp3) is 0.480. The number of β-amino-alcohol motifs (C(OH)–C–C–N with tert-alkyl or cyclic N) is 1. The number of aliphatic hydroxyl groups is 1. The molecule has 2 aromatic rings. The summed E-state index contributed by atoms with van der Waals surface area (Å²) in [5, 5.41) is 20.5. The van der Waals surface area contributed by atoms with Crippen LogP contribution in [0.25, 0.3) is 0 Å². The first-order valence-corrected chi connectivity index (χ1v) is 11.5. The average molecular weight is 456 g/mol. The van der Waals surface area contributed by atoms with Gasteiger partial charge in [-0.1, -0.05) is 12.1 Å². The summed E-state index contributed by atoms with van der Waals surface area (Å²) in [6, 6.07) is 8.44. The molecule has 2 heterocycles. The molecule has 0 bridgehead atoms. The first kappa shape index (κ1) is 23.4. The van der Waals surface area contributed by atoms with Crippen molar-refractivity contribution >= 4 is 5.91 Å². The third-order valence-electron chi connectivity index (χ3n) is 6.48. The molecular formula is C25H33N3O5. The Morgan fingerprint density at radius 3 is 2.36 bits per heavy atom. The average Bonchev–Trinajstić information content (AvgIpc) is 3.29. The molecule has 0 spiro atoms. The van der Waals surface area contributed by atoms with Crippen LogP contribution in [0.2, 0.25) is 0 Å². The van der Waals surface area contributed by atoms with Gasteiger partial charge in [0.2, 0.25) is 5.91 Å². The standard InChI is InChI=1S/C25H33N3O5/c1-5-32-18-8-7-16(13-19(18)33-6-2)24-21-22(20-15(4)11-14(3)12-17(20)30)26-27-23(21)25(31)28(24)9-10-29/h7-8,11-13,21-24,26-27,29-30H,5-6,9-10H2,1-4H3. The van der Waals surface area contributed by atoms with Crippen LogP contribution in [0.1, 0.15) is 48.2 Å². The fourth-order valence-electron chi connectivity index (χ4n) is 5.32. The van der Waals surface area contributed by atoms with Gasteiger partial charge < -0.3 is 24.6 Å². The van der Waals surface area contributed by atoms with Gasteiger partial charge in [0, 0.05) is 18.0 Å². The zero-order valence-corrected chi connectivity index (χ0v) is 19.6. The number of aromatic hydroxyl groups is 1. The van der Waals surface area contributed by atoms with Gasteiger partial charge in [-0.15, -0.1) is 0 Å². The summed E-state index contributed by atoms with van der Waals surface area (Å²) < 4.78 is 11.6. The highest BCUT2D eigenvalue weighted by Gasteiger charge is 2.56. The summed E-state index contributed by atoms with van der Waals surface area (Å²) >= 11 is 0. The van der Waals surface area contributed by atoms with Crippen molar-refractivity contribution in [3.63, 3.8) is 0 Å². The zero-order valence-electron chi connectivity index (χ0n) is 19.6. The van der Waals surface area contributed by atoms with Gasteiger partial charge in [-0.3, -0.25) is 4.79 Å². The number of hydrogen-bond acceptors (Lipinski definition) is 7. The van der Waals surface area contributed by atoms with Crippen LogP contribution in [0, 0.1) is 19.8 Å². The van der Waals surface area contributed by atoms with E-state index in [9.17, 15) is 15.0 Å². The number of hydrazine groups is 1. The minimum Gasteiger partial charge on any atom is -0.508 e. The van der Waals surface area contributed by atoms with Crippen molar-refractivity contribution < 1.29 is 24.5 Å². The number of rotatable bonds is 8. The van der Waals surface area contributed by atoms with E-state index in [1.165, 1.54) is 0 Å². The summed E-state index contributed by atoms with van der Waals surface area (Å²) in [7, 11) is 0. The minimum atomic E-state index is -0.478. The second-order valence-corrected chi connectivity index (χ2v) is 8.61. The number of nitrogens with zero attached hydrogens (tertiary/aromatic N) is 1. The topological polar surface area (TPSA) is 103 Å². The highest BCUT2D eigenvalue weighted by atomic mass is 16.5. The van der Waals surface area contributed by atoms with Crippen molar-refractivity contribution in [3.05, 3.63) is 52.6 Å². The molecule has 0 radical (unpaired) electrons. The van der Waals surface area contributed by atoms with E-state index in [-0.39, 0.29) is 42.8 Å². The molecule has 0 aromatic heterocycles. The second-order valence-electron chi connectivity index (χ2n) is 8.61. The van der Waals surface area contributed by atoms with Crippen molar-refractivity contribution in [2.24, 2.45) is 5.92 Å². The number of likely N-dealkylation sites (tertiary alicyclic amines) is 1. The van der Waals surface area contributed by atoms with Gasteiger partial charge in [0.15, 0.2) is 11.5 Å². The summed E-state index contributed by atoms with van der Waals surface area (Å²) in [5.74, 6) is 1.21. The van der Waals surface area contributed by atoms with Crippen LogP contribution in [-0.4, -0.2) is 53.4 Å². The highest BCUT2D eigenvalue weighted by molar-refractivity contribution is 5.86. The smallest absolute Gasteiger partial charge is 0.242 e. The largest absolute Gasteiger partial charge is 0.508 e. The predicted molar refractivity (Wildman–Crippen MR) is 124 cm³/mol. The number of aryl methyl sites for hydroxylation is 2. The Balaban J connectivity index is 1.81. The third-order valence-corrected chi connectivity index (χ3v) is 6.48. The molecule has 4 unspecified atom stereocenters. The SMILES string of the molecule is CCOc1ccc(C2C3C(NNC3c3c(C)cc(C)cc3O)C(=O)N2CCO)cc1OCC. The molecule has 8 heteroatoms. The molecule has 178 valence electrons. The molecule has 2 aliphatic rings. The van der Waals surface area contributed by atoms with E-state index >= 15 is 0 Å². The summed E-state index contributed by atoms with van der Waals surface area (Å²) in [5.41, 5.74) is 10.0. The molecule has 2 aromatic carbocycles. The molecule has 0 aliphatic carbocycles. The monoisotopic (exact) mass is 455 g/mol. The molecule has 4 N–H and O–H groups in total. The van der Waals surface area contributed by atoms with Crippen LogP contribution in [0.5, 0.6) is 17.2 Å². The van der Waals surface area contributed by atoms with E-state index in [0.717, 1.165) is 22.3 Å². The number of carbonyl (C=O) groups excluding carboxylic acids is 1. The molecule has 2 fully saturated rings. The highest BCUT2D eigenvalue weighted by Crippen LogP contribution is 2.50. The Morgan fingerprint density at radius 1 is 1.00 bits per heavy atom. The number of phenolic OH excluding ortho intramolecular Hbond substituents is 1. The second kappa shape index (κ2) is 9.59. The number of hydrogen-bond donors (Lipinski definition) is 4. The van der Waals surface area contributed by atoms with Crippen molar-refractivity contribution in [3.8, 4) is 17.2 Å². The Hall–Kier alpha value is -2.81. The lowest BCUT2D eigenvalue weighted by atomic mass is 9.81. The lowest BCUT2D eigenvalue weighted by molar-refractivity contribution is -0.131. The molecule has 8 nitrogen and oxygen atoms in total. The van der Waals surface area contributed by atoms with E-state index in [4.69, 9.17) is 9.47 Å². The first-order valence-electron chi connectivity index (χ1n) is 11.5. The summed E-state index contributed by atoms with van der Waals surface area (Å²) in [6.45, 7) is 8.85. The number of benzene rings is 2.